The van der Waals surface area contributed by atoms with Gasteiger partial charge in [0, 0.05) is 32.7 Å². The molecule has 3 rings (SSSR count). The molecule has 2 aliphatic rings. The molecule has 2 fully saturated rings. The highest BCUT2D eigenvalue weighted by Crippen LogP contribution is 2.32. The minimum absolute atomic E-state index is 0.0896. The van der Waals surface area contributed by atoms with Crippen LogP contribution in [0.15, 0.2) is 18.2 Å². The molecule has 0 bridgehead atoms. The topological polar surface area (TPSA) is 117 Å². The summed E-state index contributed by atoms with van der Waals surface area (Å²) in [5.41, 5.74) is 0.659. The van der Waals surface area contributed by atoms with E-state index in [0.29, 0.717) is 50.7 Å². The third kappa shape index (κ3) is 5.37. The van der Waals surface area contributed by atoms with E-state index in [9.17, 15) is 18.0 Å². The van der Waals surface area contributed by atoms with E-state index in [1.807, 2.05) is 0 Å². The average Bonchev–Trinajstić information content (AvgIpc) is 3.07. The summed E-state index contributed by atoms with van der Waals surface area (Å²) in [6, 6.07) is 4.68. The van der Waals surface area contributed by atoms with Gasteiger partial charge in [0.15, 0.2) is 0 Å². The van der Waals surface area contributed by atoms with Crippen molar-refractivity contribution in [1.82, 2.24) is 10.2 Å². The fraction of sp³-hybridized carbons (Fsp3) is 0.556. The largest absolute Gasteiger partial charge is 0.495 e. The molecule has 10 nitrogen and oxygen atoms in total. The summed E-state index contributed by atoms with van der Waals surface area (Å²) in [6.07, 6.45) is 0.543. The van der Waals surface area contributed by atoms with Crippen molar-refractivity contribution in [3.63, 3.8) is 0 Å². The van der Waals surface area contributed by atoms with Crippen LogP contribution in [-0.2, 0) is 24.3 Å². The Morgan fingerprint density at radius 2 is 1.93 bits per heavy atom. The Labute approximate surface area is 170 Å². The highest BCUT2D eigenvalue weighted by Gasteiger charge is 2.29. The first-order valence-corrected chi connectivity index (χ1v) is 11.1. The van der Waals surface area contributed by atoms with Crippen LogP contribution < -0.4 is 19.7 Å². The summed E-state index contributed by atoms with van der Waals surface area (Å²) in [6.45, 7) is 4.28. The number of methoxy groups -OCH3 is 1. The van der Waals surface area contributed by atoms with E-state index >= 15 is 0 Å². The van der Waals surface area contributed by atoms with E-state index in [1.54, 1.807) is 12.1 Å². The van der Waals surface area contributed by atoms with E-state index in [4.69, 9.17) is 9.47 Å². The number of nitrogens with one attached hydrogen (secondary N) is 2. The van der Waals surface area contributed by atoms with Gasteiger partial charge in [-0.1, -0.05) is 0 Å². The number of ether oxygens (including phenoxy) is 2. The molecule has 2 aliphatic heterocycles. The van der Waals surface area contributed by atoms with E-state index in [1.165, 1.54) is 17.5 Å². The van der Waals surface area contributed by atoms with Gasteiger partial charge in [-0.05, 0) is 24.6 Å². The molecule has 11 heteroatoms. The SMILES string of the molecule is COc1ccc(N2CCCS2(=O)=O)cc1NC(=O)C(=O)NCCN1CCOCC1. The molecule has 1 aromatic carbocycles. The number of hydrogen-bond donors (Lipinski definition) is 2. The third-order valence-corrected chi connectivity index (χ3v) is 6.71. The fourth-order valence-electron chi connectivity index (χ4n) is 3.29. The predicted molar refractivity (Wildman–Crippen MR) is 108 cm³/mol. The first-order valence-electron chi connectivity index (χ1n) is 9.48. The van der Waals surface area contributed by atoms with Gasteiger partial charge in [-0.3, -0.25) is 18.8 Å². The molecule has 2 amide bonds. The number of carbonyl (C=O) groups excluding carboxylic acids is 2. The molecule has 0 aliphatic carbocycles. The van der Waals surface area contributed by atoms with Gasteiger partial charge in [-0.25, -0.2) is 8.42 Å². The van der Waals surface area contributed by atoms with Gasteiger partial charge < -0.3 is 20.1 Å². The smallest absolute Gasteiger partial charge is 0.313 e. The molecule has 2 saturated heterocycles. The third-order valence-electron chi connectivity index (χ3n) is 4.84. The van der Waals surface area contributed by atoms with Crippen molar-refractivity contribution in [3.05, 3.63) is 18.2 Å². The Balaban J connectivity index is 1.60. The van der Waals surface area contributed by atoms with Crippen molar-refractivity contribution in [2.75, 3.05) is 68.4 Å². The fourth-order valence-corrected chi connectivity index (χ4v) is 4.85. The Bertz CT molecular complexity index is 854. The van der Waals surface area contributed by atoms with Crippen LogP contribution in [0.25, 0.3) is 0 Å². The monoisotopic (exact) mass is 426 g/mol. The van der Waals surface area contributed by atoms with Crippen LogP contribution in [0, 0.1) is 0 Å². The van der Waals surface area contributed by atoms with Crippen LogP contribution in [0.4, 0.5) is 11.4 Å². The summed E-state index contributed by atoms with van der Waals surface area (Å²) < 4.78 is 36.1. The Morgan fingerprint density at radius 1 is 1.17 bits per heavy atom. The number of amides is 2. The van der Waals surface area contributed by atoms with Gasteiger partial charge in [0.05, 0.1) is 37.5 Å². The summed E-state index contributed by atoms with van der Waals surface area (Å²) in [4.78, 5) is 26.5. The second-order valence-corrected chi connectivity index (χ2v) is 8.80. The van der Waals surface area contributed by atoms with Crippen molar-refractivity contribution in [2.45, 2.75) is 6.42 Å². The van der Waals surface area contributed by atoms with Crippen LogP contribution >= 0.6 is 0 Å². The molecule has 0 radical (unpaired) electrons. The summed E-state index contributed by atoms with van der Waals surface area (Å²) in [7, 11) is -1.93. The first-order chi connectivity index (χ1) is 13.9. The molecule has 29 heavy (non-hydrogen) atoms. The van der Waals surface area contributed by atoms with Crippen molar-refractivity contribution >= 4 is 33.2 Å². The van der Waals surface area contributed by atoms with E-state index in [0.717, 1.165) is 13.1 Å². The molecule has 0 saturated carbocycles. The van der Waals surface area contributed by atoms with Crippen LogP contribution in [0.1, 0.15) is 6.42 Å². The van der Waals surface area contributed by atoms with E-state index < -0.39 is 21.8 Å². The van der Waals surface area contributed by atoms with Gasteiger partial charge in [-0.15, -0.1) is 0 Å². The number of rotatable bonds is 6. The minimum Gasteiger partial charge on any atom is -0.495 e. The molecule has 160 valence electrons. The van der Waals surface area contributed by atoms with Crippen molar-refractivity contribution in [2.24, 2.45) is 0 Å². The number of anilines is 2. The summed E-state index contributed by atoms with van der Waals surface area (Å²) >= 11 is 0. The Hall–Kier alpha value is -2.37. The maximum Gasteiger partial charge on any atom is 0.313 e. The van der Waals surface area contributed by atoms with Gasteiger partial charge in [-0.2, -0.15) is 0 Å². The number of morpholine rings is 1. The number of carbonyl (C=O) groups is 2. The van der Waals surface area contributed by atoms with E-state index in [-0.39, 0.29) is 11.4 Å². The highest BCUT2D eigenvalue weighted by molar-refractivity contribution is 7.93. The summed E-state index contributed by atoms with van der Waals surface area (Å²) in [5, 5.41) is 5.10. The maximum absolute atomic E-state index is 12.3. The lowest BCUT2D eigenvalue weighted by Gasteiger charge is -2.26. The average molecular weight is 426 g/mol. The van der Waals surface area contributed by atoms with Gasteiger partial charge in [0.25, 0.3) is 0 Å². The molecule has 2 heterocycles. The molecular weight excluding hydrogens is 400 g/mol. The standard InChI is InChI=1S/C18H26N4O6S/c1-27-16-4-3-14(22-6-2-12-29(22,25)26)13-15(16)20-18(24)17(23)19-5-7-21-8-10-28-11-9-21/h3-4,13H,2,5-12H2,1H3,(H,19,23)(H,20,24). The van der Waals surface area contributed by atoms with Crippen molar-refractivity contribution in [1.29, 1.82) is 0 Å². The van der Waals surface area contributed by atoms with Crippen LogP contribution in [0.5, 0.6) is 5.75 Å². The van der Waals surface area contributed by atoms with Crippen LogP contribution in [0.2, 0.25) is 0 Å². The zero-order chi connectivity index (χ0) is 20.9. The van der Waals surface area contributed by atoms with Crippen LogP contribution in [-0.4, -0.2) is 83.9 Å². The maximum atomic E-state index is 12.3. The first kappa shape index (κ1) is 21.3. The molecule has 0 spiro atoms. The number of nitrogens with zero attached hydrogens (tertiary/aromatic N) is 2. The molecular formula is C18H26N4O6S. The Morgan fingerprint density at radius 3 is 2.59 bits per heavy atom. The second kappa shape index (κ2) is 9.42. The van der Waals surface area contributed by atoms with Gasteiger partial charge in [0.1, 0.15) is 5.75 Å². The zero-order valence-corrected chi connectivity index (χ0v) is 17.2. The number of hydrogen-bond acceptors (Lipinski definition) is 7. The van der Waals surface area contributed by atoms with Gasteiger partial charge >= 0.3 is 11.8 Å². The predicted octanol–water partition coefficient (Wildman–Crippen LogP) is -0.378. The number of benzene rings is 1. The normalized spacial score (nSPS) is 19.0. The lowest BCUT2D eigenvalue weighted by molar-refractivity contribution is -0.136. The minimum atomic E-state index is -3.36. The zero-order valence-electron chi connectivity index (χ0n) is 16.3. The Kier molecular flexibility index (Phi) is 6.93. The van der Waals surface area contributed by atoms with E-state index in [2.05, 4.69) is 15.5 Å². The van der Waals surface area contributed by atoms with Crippen molar-refractivity contribution < 1.29 is 27.5 Å². The quantitative estimate of drug-likeness (QED) is 0.596. The lowest BCUT2D eigenvalue weighted by atomic mass is 10.2. The molecule has 1 aromatic rings. The molecule has 2 N–H and O–H groups in total. The highest BCUT2D eigenvalue weighted by atomic mass is 32.2. The lowest BCUT2D eigenvalue weighted by Crippen LogP contribution is -2.43. The van der Waals surface area contributed by atoms with Crippen molar-refractivity contribution in [3.8, 4) is 5.75 Å². The molecule has 0 atom stereocenters. The van der Waals surface area contributed by atoms with Gasteiger partial charge in [0.2, 0.25) is 10.0 Å². The molecule has 0 unspecified atom stereocenters. The summed E-state index contributed by atoms with van der Waals surface area (Å²) in [5.74, 6) is -1.18. The molecule has 0 aromatic heterocycles. The second-order valence-electron chi connectivity index (χ2n) is 6.79. The number of sulfonamides is 1. The van der Waals surface area contributed by atoms with Crippen LogP contribution in [0.3, 0.4) is 0 Å².